The zero-order valence-electron chi connectivity index (χ0n) is 16.9. The van der Waals surface area contributed by atoms with Gasteiger partial charge in [0.05, 0.1) is 33.2 Å². The Morgan fingerprint density at radius 1 is 1.19 bits per heavy atom. The molecule has 9 heteroatoms. The van der Waals surface area contributed by atoms with Gasteiger partial charge in [-0.3, -0.25) is 9.69 Å². The van der Waals surface area contributed by atoms with Crippen molar-refractivity contribution in [3.63, 3.8) is 0 Å². The van der Waals surface area contributed by atoms with Gasteiger partial charge < -0.3 is 9.84 Å². The number of aryl methyl sites for hydroxylation is 1. The minimum absolute atomic E-state index is 0.101. The van der Waals surface area contributed by atoms with Crippen molar-refractivity contribution in [1.29, 1.82) is 0 Å². The van der Waals surface area contributed by atoms with E-state index in [1.807, 2.05) is 31.2 Å². The van der Waals surface area contributed by atoms with Crippen molar-refractivity contribution in [2.75, 3.05) is 18.4 Å². The molecule has 1 aromatic heterocycles. The summed E-state index contributed by atoms with van der Waals surface area (Å²) >= 11 is 18.2. The Morgan fingerprint density at radius 3 is 2.77 bits per heavy atom. The molecule has 31 heavy (non-hydrogen) atoms. The maximum atomic E-state index is 12.8. The molecule has 1 fully saturated rings. The largest absolute Gasteiger partial charge is 0.338 e. The van der Waals surface area contributed by atoms with Gasteiger partial charge in [0.1, 0.15) is 0 Å². The summed E-state index contributed by atoms with van der Waals surface area (Å²) in [4.78, 5) is 19.5. The number of amides is 1. The van der Waals surface area contributed by atoms with Crippen LogP contribution in [0.4, 0.5) is 5.69 Å². The molecule has 3 aromatic rings. The van der Waals surface area contributed by atoms with Crippen molar-refractivity contribution >= 4 is 46.4 Å². The lowest BCUT2D eigenvalue weighted by Gasteiger charge is -2.31. The summed E-state index contributed by atoms with van der Waals surface area (Å²) < 4.78 is 5.46. The molecule has 4 rings (SSSR count). The Kier molecular flexibility index (Phi) is 6.82. The molecule has 1 unspecified atom stereocenters. The van der Waals surface area contributed by atoms with E-state index in [0.29, 0.717) is 45.6 Å². The summed E-state index contributed by atoms with van der Waals surface area (Å²) in [5.41, 5.74) is 2.50. The minimum Gasteiger partial charge on any atom is -0.338 e. The van der Waals surface area contributed by atoms with Gasteiger partial charge in [-0.2, -0.15) is 4.98 Å². The molecule has 0 aliphatic carbocycles. The number of nitrogens with one attached hydrogen (secondary N) is 1. The summed E-state index contributed by atoms with van der Waals surface area (Å²) in [6.07, 6.45) is 1.69. The van der Waals surface area contributed by atoms with Gasteiger partial charge in [-0.1, -0.05) is 64.2 Å². The van der Waals surface area contributed by atoms with Crippen LogP contribution in [0.15, 0.2) is 40.9 Å². The van der Waals surface area contributed by atoms with Crippen molar-refractivity contribution in [3.05, 3.63) is 62.9 Å². The number of anilines is 1. The molecule has 1 amide bonds. The molecule has 0 saturated carbocycles. The highest BCUT2D eigenvalue weighted by atomic mass is 35.5. The van der Waals surface area contributed by atoms with Gasteiger partial charge in [0, 0.05) is 12.1 Å². The summed E-state index contributed by atoms with van der Waals surface area (Å²) in [6.45, 7) is 3.96. The lowest BCUT2D eigenvalue weighted by molar-refractivity contribution is -0.121. The summed E-state index contributed by atoms with van der Waals surface area (Å²) in [5.74, 6) is 0.828. The molecule has 1 saturated heterocycles. The normalized spacial score (nSPS) is 17.0. The lowest BCUT2D eigenvalue weighted by Crippen LogP contribution is -2.40. The highest BCUT2D eigenvalue weighted by Gasteiger charge is 2.27. The summed E-state index contributed by atoms with van der Waals surface area (Å²) in [6, 6.07) is 11.0. The maximum Gasteiger partial charge on any atom is 0.241 e. The van der Waals surface area contributed by atoms with Gasteiger partial charge >= 0.3 is 0 Å². The molecule has 1 aliphatic heterocycles. The molecule has 1 aliphatic rings. The first-order chi connectivity index (χ1) is 14.9. The predicted molar refractivity (Wildman–Crippen MR) is 123 cm³/mol. The lowest BCUT2D eigenvalue weighted by atomic mass is 9.97. The topological polar surface area (TPSA) is 71.3 Å². The van der Waals surface area contributed by atoms with Crippen LogP contribution >= 0.6 is 34.8 Å². The molecule has 0 spiro atoms. The third kappa shape index (κ3) is 5.21. The fourth-order valence-corrected chi connectivity index (χ4v) is 4.30. The zero-order valence-corrected chi connectivity index (χ0v) is 19.1. The number of halogens is 3. The van der Waals surface area contributed by atoms with Crippen LogP contribution in [-0.4, -0.2) is 34.0 Å². The van der Waals surface area contributed by atoms with Crippen LogP contribution in [0.5, 0.6) is 0 Å². The number of likely N-dealkylation sites (tertiary alicyclic amines) is 1. The van der Waals surface area contributed by atoms with E-state index in [4.69, 9.17) is 39.3 Å². The zero-order chi connectivity index (χ0) is 22.0. The standard InChI is InChI=1S/C22H21Cl3N4O2/c1-13-5-2-3-7-15(13)21-27-20(31-28-21)12-29-8-4-6-14(11-29)22(30)26-19-10-17(24)16(23)9-18(19)25/h2-3,5,7,9-10,14H,4,6,8,11-12H2,1H3,(H,26,30). The highest BCUT2D eigenvalue weighted by molar-refractivity contribution is 6.44. The van der Waals surface area contributed by atoms with Crippen LogP contribution in [0.3, 0.4) is 0 Å². The van der Waals surface area contributed by atoms with Gasteiger partial charge in [-0.25, -0.2) is 0 Å². The molecule has 2 heterocycles. The number of carbonyl (C=O) groups excluding carboxylic acids is 1. The number of hydrogen-bond donors (Lipinski definition) is 1. The second-order valence-electron chi connectivity index (χ2n) is 7.64. The van der Waals surface area contributed by atoms with E-state index >= 15 is 0 Å². The number of benzene rings is 2. The van der Waals surface area contributed by atoms with Gasteiger partial charge in [0.15, 0.2) is 0 Å². The van der Waals surface area contributed by atoms with E-state index in [2.05, 4.69) is 20.4 Å². The second kappa shape index (κ2) is 9.57. The van der Waals surface area contributed by atoms with Crippen LogP contribution < -0.4 is 5.32 Å². The summed E-state index contributed by atoms with van der Waals surface area (Å²) in [5, 5.41) is 8.03. The number of carbonyl (C=O) groups is 1. The first-order valence-corrected chi connectivity index (χ1v) is 11.1. The Morgan fingerprint density at radius 2 is 1.97 bits per heavy atom. The fourth-order valence-electron chi connectivity index (χ4n) is 3.71. The van der Waals surface area contributed by atoms with E-state index < -0.39 is 0 Å². The van der Waals surface area contributed by atoms with Gasteiger partial charge in [0.2, 0.25) is 17.6 Å². The Hall–Kier alpha value is -2.12. The van der Waals surface area contributed by atoms with Crippen molar-refractivity contribution in [2.24, 2.45) is 5.92 Å². The molecule has 1 N–H and O–H groups in total. The SMILES string of the molecule is Cc1ccccc1-c1noc(CN2CCCC(C(=O)Nc3cc(Cl)c(Cl)cc3Cl)C2)n1. The van der Waals surface area contributed by atoms with Crippen molar-refractivity contribution < 1.29 is 9.32 Å². The molecule has 6 nitrogen and oxygen atoms in total. The van der Waals surface area contributed by atoms with Crippen molar-refractivity contribution in [1.82, 2.24) is 15.0 Å². The van der Waals surface area contributed by atoms with Crippen molar-refractivity contribution in [3.8, 4) is 11.4 Å². The molecule has 2 aromatic carbocycles. The third-order valence-electron chi connectivity index (χ3n) is 5.36. The van der Waals surface area contributed by atoms with E-state index in [-0.39, 0.29) is 11.8 Å². The van der Waals surface area contributed by atoms with Crippen molar-refractivity contribution in [2.45, 2.75) is 26.3 Å². The van der Waals surface area contributed by atoms with Crippen LogP contribution in [0, 0.1) is 12.8 Å². The van der Waals surface area contributed by atoms with Gasteiger partial charge in [-0.15, -0.1) is 0 Å². The van der Waals surface area contributed by atoms with Crippen LogP contribution in [0.25, 0.3) is 11.4 Å². The Labute approximate surface area is 195 Å². The number of nitrogens with zero attached hydrogens (tertiary/aromatic N) is 3. The molecule has 1 atom stereocenters. The minimum atomic E-state index is -0.182. The van der Waals surface area contributed by atoms with Gasteiger partial charge in [0.25, 0.3) is 0 Å². The molecule has 0 radical (unpaired) electrons. The molecular formula is C22H21Cl3N4O2. The average Bonchev–Trinajstić information content (AvgIpc) is 3.20. The van der Waals surface area contributed by atoms with E-state index in [9.17, 15) is 4.79 Å². The van der Waals surface area contributed by atoms with Gasteiger partial charge in [-0.05, 0) is 44.0 Å². The molecule has 162 valence electrons. The first-order valence-electron chi connectivity index (χ1n) is 9.97. The smallest absolute Gasteiger partial charge is 0.241 e. The highest BCUT2D eigenvalue weighted by Crippen LogP contribution is 2.33. The van der Waals surface area contributed by atoms with E-state index in [1.165, 1.54) is 6.07 Å². The fraction of sp³-hybridized carbons (Fsp3) is 0.318. The first kappa shape index (κ1) is 22.1. The maximum absolute atomic E-state index is 12.8. The monoisotopic (exact) mass is 478 g/mol. The van der Waals surface area contributed by atoms with Crippen LogP contribution in [0.2, 0.25) is 15.1 Å². The van der Waals surface area contributed by atoms with Crippen LogP contribution in [-0.2, 0) is 11.3 Å². The number of aromatic nitrogens is 2. The Balaban J connectivity index is 1.39. The van der Waals surface area contributed by atoms with Crippen LogP contribution in [0.1, 0.15) is 24.3 Å². The number of hydrogen-bond acceptors (Lipinski definition) is 5. The van der Waals surface area contributed by atoms with E-state index in [0.717, 1.165) is 30.5 Å². The predicted octanol–water partition coefficient (Wildman–Crippen LogP) is 5.86. The molecule has 0 bridgehead atoms. The summed E-state index contributed by atoms with van der Waals surface area (Å²) in [7, 11) is 0. The Bertz CT molecular complexity index is 1100. The third-order valence-corrected chi connectivity index (χ3v) is 6.39. The quantitative estimate of drug-likeness (QED) is 0.464. The molecular weight excluding hydrogens is 459 g/mol. The van der Waals surface area contributed by atoms with E-state index in [1.54, 1.807) is 6.07 Å². The number of piperidine rings is 1. The average molecular weight is 480 g/mol. The number of rotatable bonds is 5. The second-order valence-corrected chi connectivity index (χ2v) is 8.86.